The van der Waals surface area contributed by atoms with Gasteiger partial charge in [0.25, 0.3) is 0 Å². The van der Waals surface area contributed by atoms with Crippen molar-refractivity contribution in [3.63, 3.8) is 0 Å². The number of rotatable bonds is 6. The van der Waals surface area contributed by atoms with Gasteiger partial charge >= 0.3 is 0 Å². The van der Waals surface area contributed by atoms with Crippen molar-refractivity contribution in [2.45, 2.75) is 6.92 Å². The summed E-state index contributed by atoms with van der Waals surface area (Å²) in [6.45, 7) is 2.30. The van der Waals surface area contributed by atoms with E-state index in [4.69, 9.17) is 32.7 Å². The number of amides is 1. The van der Waals surface area contributed by atoms with Crippen LogP contribution in [-0.4, -0.2) is 19.1 Å². The first-order valence-electron chi connectivity index (χ1n) is 6.65. The zero-order valence-corrected chi connectivity index (χ0v) is 13.4. The van der Waals surface area contributed by atoms with Crippen LogP contribution in [0.1, 0.15) is 6.92 Å². The topological polar surface area (TPSA) is 47.6 Å². The molecular formula is C16H15Cl2NO3. The van der Waals surface area contributed by atoms with Crippen molar-refractivity contribution in [2.24, 2.45) is 0 Å². The summed E-state index contributed by atoms with van der Waals surface area (Å²) in [4.78, 5) is 10.8. The number of hydrogen-bond donors (Lipinski definition) is 1. The molecule has 0 saturated carbocycles. The maximum Gasteiger partial charge on any atom is 0.216 e. The molecule has 0 aliphatic rings. The molecule has 0 spiro atoms. The summed E-state index contributed by atoms with van der Waals surface area (Å²) in [5, 5.41) is 3.57. The van der Waals surface area contributed by atoms with Gasteiger partial charge in [0.05, 0.1) is 16.6 Å². The highest BCUT2D eigenvalue weighted by atomic mass is 35.5. The molecule has 116 valence electrons. The van der Waals surface area contributed by atoms with Gasteiger partial charge < -0.3 is 14.8 Å². The van der Waals surface area contributed by atoms with Crippen LogP contribution in [0.5, 0.6) is 17.2 Å². The third-order valence-corrected chi connectivity index (χ3v) is 3.42. The highest BCUT2D eigenvalue weighted by molar-refractivity contribution is 6.42. The number of nitrogens with one attached hydrogen (secondary N) is 1. The molecule has 0 bridgehead atoms. The lowest BCUT2D eigenvalue weighted by Crippen LogP contribution is -2.25. The monoisotopic (exact) mass is 339 g/mol. The molecule has 6 heteroatoms. The van der Waals surface area contributed by atoms with E-state index in [1.54, 1.807) is 24.3 Å². The van der Waals surface area contributed by atoms with Crippen LogP contribution in [0.25, 0.3) is 0 Å². The number of carbonyl (C=O) groups is 1. The molecule has 4 nitrogen and oxygen atoms in total. The Morgan fingerprint density at radius 1 is 1.05 bits per heavy atom. The average molecular weight is 340 g/mol. The number of hydrogen-bond acceptors (Lipinski definition) is 3. The van der Waals surface area contributed by atoms with Gasteiger partial charge in [-0.2, -0.15) is 0 Å². The third kappa shape index (κ3) is 5.13. The van der Waals surface area contributed by atoms with Crippen LogP contribution in [0.4, 0.5) is 0 Å². The molecule has 0 aromatic heterocycles. The second kappa shape index (κ2) is 7.92. The molecule has 0 aliphatic heterocycles. The predicted molar refractivity (Wildman–Crippen MR) is 87.2 cm³/mol. The lowest BCUT2D eigenvalue weighted by molar-refractivity contribution is -0.119. The Kier molecular flexibility index (Phi) is 5.92. The van der Waals surface area contributed by atoms with Gasteiger partial charge in [-0.05, 0) is 24.3 Å². The van der Waals surface area contributed by atoms with Gasteiger partial charge in [-0.1, -0.05) is 29.3 Å². The van der Waals surface area contributed by atoms with Crippen LogP contribution in [0.15, 0.2) is 42.5 Å². The van der Waals surface area contributed by atoms with Crippen LogP contribution in [0.2, 0.25) is 10.0 Å². The minimum Gasteiger partial charge on any atom is -0.492 e. The van der Waals surface area contributed by atoms with Crippen LogP contribution in [-0.2, 0) is 4.79 Å². The minimum absolute atomic E-state index is 0.0831. The lowest BCUT2D eigenvalue weighted by Gasteiger charge is -2.10. The number of halogens is 2. The van der Waals surface area contributed by atoms with Crippen molar-refractivity contribution in [1.29, 1.82) is 0 Å². The molecule has 1 amide bonds. The summed E-state index contributed by atoms with van der Waals surface area (Å²) in [7, 11) is 0. The van der Waals surface area contributed by atoms with E-state index >= 15 is 0 Å². The van der Waals surface area contributed by atoms with E-state index in [0.717, 1.165) is 0 Å². The van der Waals surface area contributed by atoms with Crippen LogP contribution in [0, 0.1) is 0 Å². The fraction of sp³-hybridized carbons (Fsp3) is 0.188. The maximum absolute atomic E-state index is 10.8. The van der Waals surface area contributed by atoms with E-state index in [-0.39, 0.29) is 5.91 Å². The van der Waals surface area contributed by atoms with E-state index in [2.05, 4.69) is 5.32 Å². The van der Waals surface area contributed by atoms with E-state index in [1.807, 2.05) is 18.2 Å². The Bertz CT molecular complexity index is 662. The van der Waals surface area contributed by atoms with Gasteiger partial charge in [-0.25, -0.2) is 0 Å². The summed E-state index contributed by atoms with van der Waals surface area (Å²) < 4.78 is 11.2. The van der Waals surface area contributed by atoms with Gasteiger partial charge in [0, 0.05) is 19.1 Å². The van der Waals surface area contributed by atoms with Crippen LogP contribution in [0.3, 0.4) is 0 Å². The molecule has 2 rings (SSSR count). The fourth-order valence-corrected chi connectivity index (χ4v) is 1.99. The van der Waals surface area contributed by atoms with E-state index < -0.39 is 0 Å². The molecule has 22 heavy (non-hydrogen) atoms. The van der Waals surface area contributed by atoms with Gasteiger partial charge in [-0.15, -0.1) is 0 Å². The van der Waals surface area contributed by atoms with Crippen LogP contribution >= 0.6 is 23.2 Å². The zero-order chi connectivity index (χ0) is 15.9. The van der Waals surface area contributed by atoms with Crippen molar-refractivity contribution in [1.82, 2.24) is 5.32 Å². The summed E-state index contributed by atoms with van der Waals surface area (Å²) in [5.41, 5.74) is 0. The first-order chi connectivity index (χ1) is 10.5. The summed E-state index contributed by atoms with van der Waals surface area (Å²) in [6, 6.07) is 12.3. The van der Waals surface area contributed by atoms with Crippen LogP contribution < -0.4 is 14.8 Å². The molecular weight excluding hydrogens is 325 g/mol. The van der Waals surface area contributed by atoms with Gasteiger partial charge in [0.15, 0.2) is 0 Å². The van der Waals surface area contributed by atoms with Crippen molar-refractivity contribution in [3.8, 4) is 17.2 Å². The summed E-state index contributed by atoms with van der Waals surface area (Å²) in [6.07, 6.45) is 0. The second-order valence-electron chi connectivity index (χ2n) is 4.48. The van der Waals surface area contributed by atoms with Gasteiger partial charge in [0.1, 0.15) is 23.9 Å². The predicted octanol–water partition coefficient (Wildman–Crippen LogP) is 4.30. The second-order valence-corrected chi connectivity index (χ2v) is 5.30. The highest BCUT2D eigenvalue weighted by Crippen LogP contribution is 2.30. The minimum atomic E-state index is -0.0831. The standard InChI is InChI=1S/C16H15Cl2NO3/c1-11(20)19-7-8-21-12-3-2-4-13(9-12)22-14-5-6-15(17)16(18)10-14/h2-6,9-10H,7-8H2,1H3,(H,19,20). The molecule has 1 N–H and O–H groups in total. The highest BCUT2D eigenvalue weighted by Gasteiger charge is 2.03. The Morgan fingerprint density at radius 3 is 2.50 bits per heavy atom. The quantitative estimate of drug-likeness (QED) is 0.798. The molecule has 0 saturated heterocycles. The lowest BCUT2D eigenvalue weighted by atomic mass is 10.3. The molecule has 0 aliphatic carbocycles. The number of ether oxygens (including phenoxy) is 2. The molecule has 2 aromatic carbocycles. The normalized spacial score (nSPS) is 10.1. The molecule has 0 unspecified atom stereocenters. The van der Waals surface area contributed by atoms with Gasteiger partial charge in [0.2, 0.25) is 5.91 Å². The third-order valence-electron chi connectivity index (χ3n) is 2.68. The smallest absolute Gasteiger partial charge is 0.216 e. The Morgan fingerprint density at radius 2 is 1.77 bits per heavy atom. The van der Waals surface area contributed by atoms with Crippen molar-refractivity contribution in [3.05, 3.63) is 52.5 Å². The molecule has 0 atom stereocenters. The molecule has 2 aromatic rings. The fourth-order valence-electron chi connectivity index (χ4n) is 1.70. The number of benzene rings is 2. The number of carbonyl (C=O) groups excluding carboxylic acids is 1. The molecule has 0 radical (unpaired) electrons. The zero-order valence-electron chi connectivity index (χ0n) is 11.9. The molecule has 0 fully saturated rings. The average Bonchev–Trinajstić information content (AvgIpc) is 2.48. The van der Waals surface area contributed by atoms with Crippen molar-refractivity contribution in [2.75, 3.05) is 13.2 Å². The SMILES string of the molecule is CC(=O)NCCOc1cccc(Oc2ccc(Cl)c(Cl)c2)c1. The van der Waals surface area contributed by atoms with E-state index in [0.29, 0.717) is 40.4 Å². The van der Waals surface area contributed by atoms with Crippen molar-refractivity contribution >= 4 is 29.1 Å². The Labute approximate surface area is 138 Å². The largest absolute Gasteiger partial charge is 0.492 e. The first kappa shape index (κ1) is 16.5. The van der Waals surface area contributed by atoms with Gasteiger partial charge in [-0.3, -0.25) is 4.79 Å². The Balaban J connectivity index is 1.95. The van der Waals surface area contributed by atoms with E-state index in [1.165, 1.54) is 6.92 Å². The van der Waals surface area contributed by atoms with E-state index in [9.17, 15) is 4.79 Å². The first-order valence-corrected chi connectivity index (χ1v) is 7.40. The Hall–Kier alpha value is -1.91. The maximum atomic E-state index is 10.8. The summed E-state index contributed by atoms with van der Waals surface area (Å²) >= 11 is 11.8. The van der Waals surface area contributed by atoms with Crippen molar-refractivity contribution < 1.29 is 14.3 Å². The molecule has 0 heterocycles. The summed E-state index contributed by atoms with van der Waals surface area (Å²) in [5.74, 6) is 1.78.